The molecule has 0 aliphatic rings. The van der Waals surface area contributed by atoms with Crippen molar-refractivity contribution in [2.45, 2.75) is 13.5 Å². The van der Waals surface area contributed by atoms with Crippen molar-refractivity contribution in [1.29, 1.82) is 0 Å². The van der Waals surface area contributed by atoms with E-state index in [1.165, 1.54) is 26.4 Å². The molecule has 5 rings (SSSR count). The molecule has 0 fully saturated rings. The van der Waals surface area contributed by atoms with Crippen molar-refractivity contribution in [2.75, 3.05) is 14.2 Å². The van der Waals surface area contributed by atoms with Crippen LogP contribution < -0.4 is 15.0 Å². The van der Waals surface area contributed by atoms with E-state index in [1.807, 2.05) is 30.8 Å². The van der Waals surface area contributed by atoms with E-state index in [2.05, 4.69) is 20.2 Å². The van der Waals surface area contributed by atoms with E-state index in [1.54, 1.807) is 29.2 Å². The van der Waals surface area contributed by atoms with E-state index in [9.17, 15) is 0 Å². The third kappa shape index (κ3) is 4.35. The van der Waals surface area contributed by atoms with E-state index < -0.39 is 5.82 Å². The molecule has 0 atom stereocenters. The van der Waals surface area contributed by atoms with Gasteiger partial charge in [0.25, 0.3) is 0 Å². The highest BCUT2D eigenvalue weighted by Crippen LogP contribution is 2.32. The molecule has 4 heterocycles. The molecular weight excluding hydrogens is 453 g/mol. The standard InChI is InChI=1S/C24H22FN7O3/c1-14-7-16(30-35-14)13-32-22(28-19-8-17(33-3)9-21(34-4)23(19)25)6-5-18-24(32)29-20(11-26-18)15-10-27-31(2)12-15/h5-12H,13H2,1-4H3/b28-22+. The van der Waals surface area contributed by atoms with Crippen molar-refractivity contribution in [1.82, 2.24) is 29.5 Å². The molecule has 0 amide bonds. The zero-order valence-corrected chi connectivity index (χ0v) is 19.6. The van der Waals surface area contributed by atoms with Crippen LogP contribution in [0.2, 0.25) is 0 Å². The Morgan fingerprint density at radius 3 is 2.66 bits per heavy atom. The first-order valence-corrected chi connectivity index (χ1v) is 10.7. The lowest BCUT2D eigenvalue weighted by Crippen LogP contribution is -2.23. The van der Waals surface area contributed by atoms with Crippen LogP contribution in [-0.2, 0) is 13.6 Å². The largest absolute Gasteiger partial charge is 0.497 e. The molecule has 5 aromatic rings. The summed E-state index contributed by atoms with van der Waals surface area (Å²) in [6.07, 6.45) is 5.26. The molecule has 4 aromatic heterocycles. The van der Waals surface area contributed by atoms with Gasteiger partial charge in [-0.2, -0.15) is 5.10 Å². The average Bonchev–Trinajstić information content (AvgIpc) is 3.49. The first-order valence-electron chi connectivity index (χ1n) is 10.7. The van der Waals surface area contributed by atoms with Gasteiger partial charge in [-0.25, -0.2) is 14.4 Å². The fourth-order valence-corrected chi connectivity index (χ4v) is 3.69. The molecule has 0 saturated carbocycles. The molecule has 0 saturated heterocycles. The minimum absolute atomic E-state index is 0.0289. The van der Waals surface area contributed by atoms with E-state index in [4.69, 9.17) is 19.0 Å². The maximum Gasteiger partial charge on any atom is 0.190 e. The summed E-state index contributed by atoms with van der Waals surface area (Å²) >= 11 is 0. The summed E-state index contributed by atoms with van der Waals surface area (Å²) in [6.45, 7) is 2.09. The fourth-order valence-electron chi connectivity index (χ4n) is 3.69. The lowest BCUT2D eigenvalue weighted by Gasteiger charge is -2.12. The van der Waals surface area contributed by atoms with Gasteiger partial charge < -0.3 is 18.6 Å². The molecule has 0 unspecified atom stereocenters. The smallest absolute Gasteiger partial charge is 0.190 e. The Labute approximate surface area is 199 Å². The number of rotatable bonds is 6. The minimum atomic E-state index is -0.604. The molecular formula is C24H22FN7O3. The van der Waals surface area contributed by atoms with Crippen LogP contribution in [0.5, 0.6) is 11.5 Å². The number of pyridine rings is 1. The fraction of sp³-hybridized carbons (Fsp3) is 0.208. The molecule has 1 aromatic carbocycles. The van der Waals surface area contributed by atoms with Gasteiger partial charge in [-0.15, -0.1) is 0 Å². The Morgan fingerprint density at radius 2 is 1.97 bits per heavy atom. The summed E-state index contributed by atoms with van der Waals surface area (Å²) in [4.78, 5) is 14.0. The highest BCUT2D eigenvalue weighted by Gasteiger charge is 2.14. The van der Waals surface area contributed by atoms with Crippen LogP contribution in [0.4, 0.5) is 10.1 Å². The van der Waals surface area contributed by atoms with Gasteiger partial charge in [0.15, 0.2) is 17.2 Å². The van der Waals surface area contributed by atoms with Crippen molar-refractivity contribution < 1.29 is 18.4 Å². The number of ether oxygens (including phenoxy) is 2. The normalized spacial score (nSPS) is 11.9. The summed E-state index contributed by atoms with van der Waals surface area (Å²) in [7, 11) is 4.72. The highest BCUT2D eigenvalue weighted by atomic mass is 19.1. The third-order valence-corrected chi connectivity index (χ3v) is 5.39. The molecule has 10 nitrogen and oxygen atoms in total. The molecule has 0 bridgehead atoms. The Kier molecular flexibility index (Phi) is 5.73. The second-order valence-corrected chi connectivity index (χ2v) is 7.85. The van der Waals surface area contributed by atoms with Crippen LogP contribution in [-0.4, -0.2) is 43.7 Å². The molecule has 0 radical (unpaired) electrons. The zero-order chi connectivity index (χ0) is 24.5. The Bertz CT molecular complexity index is 1600. The Hall–Kier alpha value is -4.54. The van der Waals surface area contributed by atoms with Crippen molar-refractivity contribution in [3.8, 4) is 22.8 Å². The molecule has 0 N–H and O–H groups in total. The lowest BCUT2D eigenvalue weighted by molar-refractivity contribution is 0.374. The van der Waals surface area contributed by atoms with Gasteiger partial charge in [-0.05, 0) is 19.1 Å². The number of halogens is 1. The first kappa shape index (κ1) is 22.3. The van der Waals surface area contributed by atoms with Crippen molar-refractivity contribution in [2.24, 2.45) is 12.0 Å². The van der Waals surface area contributed by atoms with E-state index in [0.29, 0.717) is 39.5 Å². The number of hydrogen-bond acceptors (Lipinski definition) is 8. The quantitative estimate of drug-likeness (QED) is 0.370. The van der Waals surface area contributed by atoms with Crippen LogP contribution >= 0.6 is 0 Å². The predicted octanol–water partition coefficient (Wildman–Crippen LogP) is 3.57. The van der Waals surface area contributed by atoms with Gasteiger partial charge >= 0.3 is 0 Å². The van der Waals surface area contributed by atoms with E-state index in [0.717, 1.165) is 5.56 Å². The highest BCUT2D eigenvalue weighted by molar-refractivity contribution is 5.73. The van der Waals surface area contributed by atoms with Crippen LogP contribution in [0.25, 0.3) is 22.4 Å². The predicted molar refractivity (Wildman–Crippen MR) is 125 cm³/mol. The van der Waals surface area contributed by atoms with Crippen molar-refractivity contribution in [3.05, 3.63) is 71.7 Å². The summed E-state index contributed by atoms with van der Waals surface area (Å²) in [5.74, 6) is 0.513. The maximum absolute atomic E-state index is 15.1. The molecule has 0 aliphatic heterocycles. The van der Waals surface area contributed by atoms with Crippen molar-refractivity contribution >= 4 is 16.9 Å². The van der Waals surface area contributed by atoms with Crippen LogP contribution in [0.15, 0.2) is 58.4 Å². The number of fused-ring (bicyclic) bond motifs is 1. The van der Waals surface area contributed by atoms with Gasteiger partial charge in [0.2, 0.25) is 0 Å². The number of aryl methyl sites for hydroxylation is 2. The summed E-state index contributed by atoms with van der Waals surface area (Å²) in [5.41, 5.74) is 3.79. The van der Waals surface area contributed by atoms with Crippen LogP contribution in [0.3, 0.4) is 0 Å². The second kappa shape index (κ2) is 9.01. The Balaban J connectivity index is 1.76. The average molecular weight is 475 g/mol. The van der Waals surface area contributed by atoms with E-state index >= 15 is 4.39 Å². The van der Waals surface area contributed by atoms with E-state index in [-0.39, 0.29) is 18.0 Å². The molecule has 178 valence electrons. The van der Waals surface area contributed by atoms with Crippen LogP contribution in [0, 0.1) is 12.7 Å². The zero-order valence-electron chi connectivity index (χ0n) is 19.6. The SMILES string of the molecule is COc1cc(/N=c2\ccc3ncc(-c4cnn(C)c4)nc3n2Cc2cc(C)on2)c(F)c(OC)c1. The summed E-state index contributed by atoms with van der Waals surface area (Å²) in [6, 6.07) is 8.33. The molecule has 35 heavy (non-hydrogen) atoms. The second-order valence-electron chi connectivity index (χ2n) is 7.85. The molecule has 0 aliphatic carbocycles. The number of nitrogens with zero attached hydrogens (tertiary/aromatic N) is 7. The van der Waals surface area contributed by atoms with Gasteiger partial charge in [0.1, 0.15) is 33.9 Å². The number of methoxy groups -OCH3 is 2. The van der Waals surface area contributed by atoms with Crippen LogP contribution in [0.1, 0.15) is 11.5 Å². The van der Waals surface area contributed by atoms with Gasteiger partial charge in [0.05, 0.1) is 38.9 Å². The molecule has 11 heteroatoms. The summed E-state index contributed by atoms with van der Waals surface area (Å²) in [5, 5.41) is 8.33. The van der Waals surface area contributed by atoms with Crippen molar-refractivity contribution in [3.63, 3.8) is 0 Å². The molecule has 0 spiro atoms. The number of benzene rings is 1. The van der Waals surface area contributed by atoms with Gasteiger partial charge in [-0.1, -0.05) is 5.16 Å². The lowest BCUT2D eigenvalue weighted by atomic mass is 10.2. The van der Waals surface area contributed by atoms with Gasteiger partial charge in [0, 0.05) is 37.0 Å². The van der Waals surface area contributed by atoms with Gasteiger partial charge in [-0.3, -0.25) is 9.67 Å². The number of aromatic nitrogens is 6. The minimum Gasteiger partial charge on any atom is -0.497 e. The first-order chi connectivity index (χ1) is 16.9. The topological polar surface area (TPSA) is 105 Å². The maximum atomic E-state index is 15.1. The number of hydrogen-bond donors (Lipinski definition) is 0. The Morgan fingerprint density at radius 1 is 1.11 bits per heavy atom. The summed E-state index contributed by atoms with van der Waals surface area (Å²) < 4.78 is 34.3. The monoisotopic (exact) mass is 475 g/mol. The third-order valence-electron chi connectivity index (χ3n) is 5.39.